The van der Waals surface area contributed by atoms with E-state index in [9.17, 15) is 9.59 Å². The van der Waals surface area contributed by atoms with Gasteiger partial charge < -0.3 is 10.1 Å². The van der Waals surface area contributed by atoms with Crippen LogP contribution in [0.25, 0.3) is 0 Å². The molecule has 3 amide bonds. The molecule has 1 aliphatic rings. The van der Waals surface area contributed by atoms with Gasteiger partial charge in [0.05, 0.1) is 12.4 Å². The molecule has 1 aromatic rings. The van der Waals surface area contributed by atoms with E-state index >= 15 is 0 Å². The molecule has 6 heteroatoms. The maximum absolute atomic E-state index is 12.1. The van der Waals surface area contributed by atoms with Gasteiger partial charge in [-0.3, -0.25) is 10.1 Å². The van der Waals surface area contributed by atoms with Crippen molar-refractivity contribution in [1.29, 1.82) is 0 Å². The van der Waals surface area contributed by atoms with Gasteiger partial charge in [0, 0.05) is 10.9 Å². The van der Waals surface area contributed by atoms with Crippen LogP contribution in [0.1, 0.15) is 39.0 Å². The number of nitrogens with one attached hydrogen (secondary N) is 2. The summed E-state index contributed by atoms with van der Waals surface area (Å²) in [4.78, 5) is 25.0. The summed E-state index contributed by atoms with van der Waals surface area (Å²) in [6.07, 6.45) is 5.51. The fourth-order valence-electron chi connectivity index (χ4n) is 2.59. The Labute approximate surface area is 141 Å². The number of rotatable bonds is 5. The van der Waals surface area contributed by atoms with E-state index in [-0.39, 0.29) is 23.2 Å². The second-order valence-electron chi connectivity index (χ2n) is 5.73. The van der Waals surface area contributed by atoms with Crippen LogP contribution < -0.4 is 15.4 Å². The third-order valence-corrected chi connectivity index (χ3v) is 5.03. The lowest BCUT2D eigenvalue weighted by molar-refractivity contribution is -0.119. The smallest absolute Gasteiger partial charge is 0.321 e. The van der Waals surface area contributed by atoms with Crippen LogP contribution in [0, 0.1) is 0 Å². The first kappa shape index (κ1) is 17.7. The second kappa shape index (κ2) is 8.82. The molecule has 23 heavy (non-hydrogen) atoms. The van der Waals surface area contributed by atoms with E-state index in [2.05, 4.69) is 10.6 Å². The number of thioether (sulfide) groups is 1. The Morgan fingerprint density at radius 3 is 2.43 bits per heavy atom. The van der Waals surface area contributed by atoms with Crippen LogP contribution in [0.2, 0.25) is 0 Å². The molecular formula is C17H24N2O3S. The summed E-state index contributed by atoms with van der Waals surface area (Å²) in [7, 11) is 1.61. The molecule has 0 unspecified atom stereocenters. The van der Waals surface area contributed by atoms with Gasteiger partial charge in [0.15, 0.2) is 0 Å². The monoisotopic (exact) mass is 336 g/mol. The number of carbonyl (C=O) groups is 2. The maximum Gasteiger partial charge on any atom is 0.321 e. The van der Waals surface area contributed by atoms with Crippen molar-refractivity contribution in [1.82, 2.24) is 10.6 Å². The molecule has 2 N–H and O–H groups in total. The summed E-state index contributed by atoms with van der Waals surface area (Å²) < 4.78 is 5.10. The Bertz CT molecular complexity index is 527. The van der Waals surface area contributed by atoms with Crippen molar-refractivity contribution in [3.05, 3.63) is 24.3 Å². The molecule has 1 atom stereocenters. The zero-order valence-corrected chi connectivity index (χ0v) is 14.4. The van der Waals surface area contributed by atoms with Gasteiger partial charge >= 0.3 is 6.03 Å². The van der Waals surface area contributed by atoms with Gasteiger partial charge in [-0.15, -0.1) is 11.8 Å². The van der Waals surface area contributed by atoms with Crippen molar-refractivity contribution in [2.24, 2.45) is 0 Å². The lowest BCUT2D eigenvalue weighted by Gasteiger charge is -2.23. The largest absolute Gasteiger partial charge is 0.497 e. The summed E-state index contributed by atoms with van der Waals surface area (Å²) in [5.41, 5.74) is 0. The first-order valence-corrected chi connectivity index (χ1v) is 8.88. The molecule has 1 aliphatic carbocycles. The van der Waals surface area contributed by atoms with Gasteiger partial charge in [-0.2, -0.15) is 0 Å². The average Bonchev–Trinajstić information content (AvgIpc) is 2.56. The van der Waals surface area contributed by atoms with Crippen LogP contribution in [0.5, 0.6) is 5.75 Å². The molecule has 0 saturated heterocycles. The quantitative estimate of drug-likeness (QED) is 0.809. The molecule has 0 radical (unpaired) electrons. The molecule has 0 aromatic heterocycles. The minimum Gasteiger partial charge on any atom is -0.497 e. The Hall–Kier alpha value is -1.69. The molecule has 1 aromatic carbocycles. The van der Waals surface area contributed by atoms with Crippen LogP contribution in [-0.2, 0) is 4.79 Å². The summed E-state index contributed by atoms with van der Waals surface area (Å²) in [5, 5.41) is 4.98. The van der Waals surface area contributed by atoms with Crippen LogP contribution in [-0.4, -0.2) is 30.3 Å². The number of urea groups is 1. The topological polar surface area (TPSA) is 67.4 Å². The normalized spacial score (nSPS) is 16.4. The number of imide groups is 1. The Morgan fingerprint density at radius 1 is 1.17 bits per heavy atom. The molecule has 5 nitrogen and oxygen atoms in total. The highest BCUT2D eigenvalue weighted by Gasteiger charge is 2.20. The van der Waals surface area contributed by atoms with Crippen LogP contribution in [0.3, 0.4) is 0 Å². The lowest BCUT2D eigenvalue weighted by Crippen LogP contribution is -2.47. The first-order valence-electron chi connectivity index (χ1n) is 8.00. The van der Waals surface area contributed by atoms with Gasteiger partial charge in [0.25, 0.3) is 0 Å². The zero-order valence-electron chi connectivity index (χ0n) is 13.6. The van der Waals surface area contributed by atoms with E-state index < -0.39 is 0 Å². The van der Waals surface area contributed by atoms with Gasteiger partial charge in [0.2, 0.25) is 5.91 Å². The molecule has 1 saturated carbocycles. The summed E-state index contributed by atoms with van der Waals surface area (Å²) in [6, 6.07) is 7.31. The highest BCUT2D eigenvalue weighted by molar-refractivity contribution is 8.00. The average molecular weight is 336 g/mol. The van der Waals surface area contributed by atoms with Crippen molar-refractivity contribution < 1.29 is 14.3 Å². The molecule has 0 bridgehead atoms. The number of hydrogen-bond acceptors (Lipinski definition) is 4. The third-order valence-electron chi connectivity index (χ3n) is 3.92. The van der Waals surface area contributed by atoms with Gasteiger partial charge in [-0.05, 0) is 44.0 Å². The van der Waals surface area contributed by atoms with Gasteiger partial charge in [-0.25, -0.2) is 4.79 Å². The van der Waals surface area contributed by atoms with E-state index in [1.54, 1.807) is 14.0 Å². The summed E-state index contributed by atoms with van der Waals surface area (Å²) >= 11 is 1.41. The molecule has 2 rings (SSSR count). The van der Waals surface area contributed by atoms with E-state index in [1.165, 1.54) is 18.2 Å². The van der Waals surface area contributed by atoms with Crippen LogP contribution >= 0.6 is 11.8 Å². The highest BCUT2D eigenvalue weighted by Crippen LogP contribution is 2.25. The van der Waals surface area contributed by atoms with Crippen LogP contribution in [0.15, 0.2) is 29.2 Å². The third kappa shape index (κ3) is 5.78. The first-order chi connectivity index (χ1) is 11.1. The minimum atomic E-state index is -0.385. The lowest BCUT2D eigenvalue weighted by atomic mass is 9.96. The predicted octanol–water partition coefficient (Wildman–Crippen LogP) is 3.33. The molecule has 0 heterocycles. The minimum absolute atomic E-state index is 0.195. The highest BCUT2D eigenvalue weighted by atomic mass is 32.2. The Morgan fingerprint density at radius 2 is 1.83 bits per heavy atom. The van der Waals surface area contributed by atoms with Crippen molar-refractivity contribution in [3.63, 3.8) is 0 Å². The molecular weight excluding hydrogens is 312 g/mol. The van der Waals surface area contributed by atoms with E-state index in [0.717, 1.165) is 36.3 Å². The molecule has 0 aliphatic heterocycles. The number of hydrogen-bond donors (Lipinski definition) is 2. The van der Waals surface area contributed by atoms with Crippen LogP contribution in [0.4, 0.5) is 4.79 Å². The molecule has 1 fully saturated rings. The van der Waals surface area contributed by atoms with Crippen molar-refractivity contribution >= 4 is 23.7 Å². The zero-order chi connectivity index (χ0) is 16.7. The van der Waals surface area contributed by atoms with E-state index in [1.807, 2.05) is 24.3 Å². The van der Waals surface area contributed by atoms with Crippen molar-refractivity contribution in [2.45, 2.75) is 55.2 Å². The van der Waals surface area contributed by atoms with Gasteiger partial charge in [0.1, 0.15) is 5.75 Å². The molecule has 126 valence electrons. The van der Waals surface area contributed by atoms with E-state index in [0.29, 0.717) is 0 Å². The SMILES string of the molecule is COc1ccc(S[C@@H](C)C(=O)NC(=O)NC2CCCCC2)cc1. The fraction of sp³-hybridized carbons (Fsp3) is 0.529. The fourth-order valence-corrected chi connectivity index (χ4v) is 3.46. The summed E-state index contributed by atoms with van der Waals surface area (Å²) in [6.45, 7) is 1.79. The Balaban J connectivity index is 1.77. The number of ether oxygens (including phenoxy) is 1. The predicted molar refractivity (Wildman–Crippen MR) is 91.9 cm³/mol. The number of methoxy groups -OCH3 is 1. The maximum atomic E-state index is 12.1. The number of carbonyl (C=O) groups excluding carboxylic acids is 2. The van der Waals surface area contributed by atoms with Crippen molar-refractivity contribution in [2.75, 3.05) is 7.11 Å². The number of amides is 3. The molecule has 0 spiro atoms. The van der Waals surface area contributed by atoms with E-state index in [4.69, 9.17) is 4.74 Å². The van der Waals surface area contributed by atoms with Gasteiger partial charge in [-0.1, -0.05) is 19.3 Å². The number of benzene rings is 1. The standard InChI is InChI=1S/C17H24N2O3S/c1-12(23-15-10-8-14(22-2)9-11-15)16(20)19-17(21)18-13-6-4-3-5-7-13/h8-13H,3-7H2,1-2H3,(H2,18,19,20,21)/t12-/m0/s1. The summed E-state index contributed by atoms with van der Waals surface area (Å²) in [5.74, 6) is 0.498. The second-order valence-corrected chi connectivity index (χ2v) is 7.15. The van der Waals surface area contributed by atoms with Crippen molar-refractivity contribution in [3.8, 4) is 5.75 Å². The Kier molecular flexibility index (Phi) is 6.77.